The third-order valence-electron chi connectivity index (χ3n) is 5.51. The summed E-state index contributed by atoms with van der Waals surface area (Å²) in [6.07, 6.45) is 8.00. The van der Waals surface area contributed by atoms with Gasteiger partial charge in [-0.1, -0.05) is 0 Å². The largest absolute Gasteiger partial charge is 0.393 e. The number of nitrogens with one attached hydrogen (secondary N) is 3. The van der Waals surface area contributed by atoms with Crippen molar-refractivity contribution in [1.82, 2.24) is 15.3 Å². The van der Waals surface area contributed by atoms with Gasteiger partial charge in [-0.15, -0.1) is 0 Å². The molecule has 28 heavy (non-hydrogen) atoms. The summed E-state index contributed by atoms with van der Waals surface area (Å²) >= 11 is 0. The summed E-state index contributed by atoms with van der Waals surface area (Å²) in [6, 6.07) is 0.496. The van der Waals surface area contributed by atoms with Crippen LogP contribution in [0.2, 0.25) is 0 Å². The maximum Gasteiger partial charge on any atom is 0.254 e. The van der Waals surface area contributed by atoms with Crippen LogP contribution in [0.4, 0.5) is 11.8 Å². The van der Waals surface area contributed by atoms with Gasteiger partial charge in [0.15, 0.2) is 0 Å². The lowest BCUT2D eigenvalue weighted by Gasteiger charge is -2.30. The molecule has 0 aliphatic heterocycles. The second-order valence-corrected chi connectivity index (χ2v) is 7.88. The first-order chi connectivity index (χ1) is 13.4. The molecule has 2 unspecified atom stereocenters. The van der Waals surface area contributed by atoms with Crippen LogP contribution in [0.15, 0.2) is 6.20 Å². The highest BCUT2D eigenvalue weighted by molar-refractivity contribution is 5.97. The highest BCUT2D eigenvalue weighted by atomic mass is 16.3. The molecule has 1 aromatic rings. The third-order valence-corrected chi connectivity index (χ3v) is 5.51. The van der Waals surface area contributed by atoms with Crippen molar-refractivity contribution in [2.24, 2.45) is 5.73 Å². The van der Waals surface area contributed by atoms with Gasteiger partial charge < -0.3 is 26.8 Å². The number of nitrogens with zero attached hydrogens (tertiary/aromatic N) is 2. The first-order valence-electron chi connectivity index (χ1n) is 10.1. The number of aliphatic hydroxyl groups is 1. The smallest absolute Gasteiger partial charge is 0.254 e. The number of rotatable bonds is 6. The molecule has 6 N–H and O–H groups in total. The zero-order valence-electron chi connectivity index (χ0n) is 16.3. The zero-order valence-corrected chi connectivity index (χ0v) is 16.3. The van der Waals surface area contributed by atoms with Crippen molar-refractivity contribution in [3.8, 4) is 0 Å². The van der Waals surface area contributed by atoms with Crippen LogP contribution in [-0.2, 0) is 4.79 Å². The molecule has 2 saturated carbocycles. The van der Waals surface area contributed by atoms with Gasteiger partial charge in [-0.25, -0.2) is 4.98 Å². The molecule has 0 radical (unpaired) electrons. The van der Waals surface area contributed by atoms with E-state index in [1.807, 2.05) is 0 Å². The van der Waals surface area contributed by atoms with Gasteiger partial charge in [0.05, 0.1) is 11.7 Å². The molecule has 2 fully saturated rings. The van der Waals surface area contributed by atoms with Gasteiger partial charge in [-0.2, -0.15) is 4.98 Å². The SMILES string of the molecule is CC(=O)NC1CCC(Nc2ncc(C(N)=O)c(NC3CCCC(O)C3)n2)CC1. The van der Waals surface area contributed by atoms with Gasteiger partial charge in [-0.3, -0.25) is 9.59 Å². The molecular weight excluding hydrogens is 360 g/mol. The fourth-order valence-electron chi connectivity index (χ4n) is 4.08. The molecule has 2 aliphatic carbocycles. The Balaban J connectivity index is 1.64. The maximum absolute atomic E-state index is 11.8. The van der Waals surface area contributed by atoms with Gasteiger partial charge in [-0.05, 0) is 51.4 Å². The summed E-state index contributed by atoms with van der Waals surface area (Å²) in [7, 11) is 0. The van der Waals surface area contributed by atoms with Crippen LogP contribution in [0.25, 0.3) is 0 Å². The number of carbonyl (C=O) groups excluding carboxylic acids is 2. The van der Waals surface area contributed by atoms with Gasteiger partial charge in [0.1, 0.15) is 5.82 Å². The second-order valence-electron chi connectivity index (χ2n) is 7.88. The minimum Gasteiger partial charge on any atom is -0.393 e. The van der Waals surface area contributed by atoms with Crippen LogP contribution < -0.4 is 21.7 Å². The van der Waals surface area contributed by atoms with E-state index in [0.717, 1.165) is 44.9 Å². The van der Waals surface area contributed by atoms with Gasteiger partial charge >= 0.3 is 0 Å². The number of aliphatic hydroxyl groups excluding tert-OH is 1. The topological polar surface area (TPSA) is 142 Å². The van der Waals surface area contributed by atoms with Crippen LogP contribution in [0.3, 0.4) is 0 Å². The summed E-state index contributed by atoms with van der Waals surface area (Å²) in [6.45, 7) is 1.54. The fourth-order valence-corrected chi connectivity index (χ4v) is 4.08. The molecule has 0 bridgehead atoms. The molecule has 2 aliphatic rings. The molecule has 2 atom stereocenters. The molecule has 0 aromatic carbocycles. The molecule has 1 heterocycles. The van der Waals surface area contributed by atoms with Crippen molar-refractivity contribution in [1.29, 1.82) is 0 Å². The van der Waals surface area contributed by atoms with Crippen LogP contribution >= 0.6 is 0 Å². The van der Waals surface area contributed by atoms with Crippen LogP contribution in [0.5, 0.6) is 0 Å². The average molecular weight is 390 g/mol. The molecular formula is C19H30N6O3. The third kappa shape index (κ3) is 5.54. The minimum atomic E-state index is -0.582. The first-order valence-corrected chi connectivity index (χ1v) is 10.1. The number of nitrogens with two attached hydrogens (primary N) is 1. The van der Waals surface area contributed by atoms with E-state index in [1.54, 1.807) is 0 Å². The van der Waals surface area contributed by atoms with Crippen molar-refractivity contribution >= 4 is 23.6 Å². The predicted octanol–water partition coefficient (Wildman–Crippen LogP) is 1.15. The summed E-state index contributed by atoms with van der Waals surface area (Å²) in [4.78, 5) is 31.7. The highest BCUT2D eigenvalue weighted by Gasteiger charge is 2.24. The zero-order chi connectivity index (χ0) is 20.1. The van der Waals surface area contributed by atoms with Gasteiger partial charge in [0.25, 0.3) is 5.91 Å². The standard InChI is InChI=1S/C19H30N6O3/c1-11(26)22-12-5-7-13(8-6-12)24-19-21-10-16(17(20)28)18(25-19)23-14-3-2-4-15(27)9-14/h10,12-15,27H,2-9H2,1H3,(H2,20,28)(H,22,26)(H2,21,23,24,25). The molecule has 0 saturated heterocycles. The minimum absolute atomic E-state index is 0.00494. The van der Waals surface area contributed by atoms with Crippen molar-refractivity contribution < 1.29 is 14.7 Å². The fraction of sp³-hybridized carbons (Fsp3) is 0.684. The number of amides is 2. The quantitative estimate of drug-likeness (QED) is 0.490. The molecule has 154 valence electrons. The normalized spacial score (nSPS) is 27.6. The van der Waals surface area contributed by atoms with E-state index in [9.17, 15) is 14.7 Å². The monoisotopic (exact) mass is 390 g/mol. The van der Waals surface area contributed by atoms with E-state index in [4.69, 9.17) is 5.73 Å². The van der Waals surface area contributed by atoms with Crippen LogP contribution in [0.1, 0.15) is 68.6 Å². The van der Waals surface area contributed by atoms with Crippen molar-refractivity contribution in [2.75, 3.05) is 10.6 Å². The number of carbonyl (C=O) groups is 2. The van der Waals surface area contributed by atoms with Crippen LogP contribution in [0, 0.1) is 0 Å². The van der Waals surface area contributed by atoms with Gasteiger partial charge in [0.2, 0.25) is 11.9 Å². The predicted molar refractivity (Wildman–Crippen MR) is 106 cm³/mol. The lowest BCUT2D eigenvalue weighted by Crippen LogP contribution is -2.39. The Kier molecular flexibility index (Phi) is 6.66. The Bertz CT molecular complexity index is 705. The lowest BCUT2D eigenvalue weighted by atomic mass is 9.91. The average Bonchev–Trinajstić information content (AvgIpc) is 2.63. The van der Waals surface area contributed by atoms with E-state index in [-0.39, 0.29) is 35.7 Å². The molecule has 2 amide bonds. The summed E-state index contributed by atoms with van der Waals surface area (Å²) in [5, 5.41) is 19.4. The van der Waals surface area contributed by atoms with Crippen molar-refractivity contribution in [3.05, 3.63) is 11.8 Å². The highest BCUT2D eigenvalue weighted by Crippen LogP contribution is 2.25. The summed E-state index contributed by atoms with van der Waals surface area (Å²) in [5.41, 5.74) is 5.72. The Morgan fingerprint density at radius 1 is 1.07 bits per heavy atom. The Labute approximate surface area is 164 Å². The first kappa shape index (κ1) is 20.3. The Hall–Kier alpha value is -2.42. The van der Waals surface area contributed by atoms with E-state index >= 15 is 0 Å². The summed E-state index contributed by atoms with van der Waals surface area (Å²) in [5.74, 6) is 0.287. The lowest BCUT2D eigenvalue weighted by molar-refractivity contribution is -0.119. The summed E-state index contributed by atoms with van der Waals surface area (Å²) < 4.78 is 0. The molecule has 9 heteroatoms. The number of aromatic nitrogens is 2. The van der Waals surface area contributed by atoms with Crippen molar-refractivity contribution in [2.45, 2.75) is 82.5 Å². The number of primary amides is 1. The Morgan fingerprint density at radius 2 is 1.79 bits per heavy atom. The van der Waals surface area contributed by atoms with Gasteiger partial charge in [0, 0.05) is 31.2 Å². The van der Waals surface area contributed by atoms with Crippen molar-refractivity contribution in [3.63, 3.8) is 0 Å². The van der Waals surface area contributed by atoms with E-state index in [2.05, 4.69) is 25.9 Å². The maximum atomic E-state index is 11.8. The number of hydrogen-bond acceptors (Lipinski definition) is 7. The van der Waals surface area contributed by atoms with Crippen LogP contribution in [-0.4, -0.2) is 51.1 Å². The molecule has 1 aromatic heterocycles. The molecule has 0 spiro atoms. The molecule has 3 rings (SSSR count). The number of hydrogen-bond donors (Lipinski definition) is 5. The Morgan fingerprint density at radius 3 is 2.43 bits per heavy atom. The van der Waals surface area contributed by atoms with E-state index in [1.165, 1.54) is 13.1 Å². The second kappa shape index (κ2) is 9.18. The molecule has 9 nitrogen and oxygen atoms in total. The van der Waals surface area contributed by atoms with E-state index in [0.29, 0.717) is 18.2 Å². The van der Waals surface area contributed by atoms with E-state index < -0.39 is 5.91 Å². The number of anilines is 2.